The molecule has 0 aliphatic carbocycles. The van der Waals surface area contributed by atoms with Crippen LogP contribution in [0.25, 0.3) is 10.8 Å². The number of carboxylic acids is 1. The molecule has 0 unspecified atom stereocenters. The zero-order valence-electron chi connectivity index (χ0n) is 12.9. The van der Waals surface area contributed by atoms with Crippen molar-refractivity contribution in [2.45, 2.75) is 6.42 Å². The van der Waals surface area contributed by atoms with Gasteiger partial charge in [0.25, 0.3) is 0 Å². The number of hydrogen-bond donors (Lipinski definition) is 2. The molecule has 0 bridgehead atoms. The zero-order valence-corrected chi connectivity index (χ0v) is 14.4. The van der Waals surface area contributed by atoms with E-state index in [1.807, 2.05) is 24.3 Å². The molecule has 2 N–H and O–H groups in total. The van der Waals surface area contributed by atoms with E-state index in [1.165, 1.54) is 0 Å². The van der Waals surface area contributed by atoms with E-state index in [2.05, 4.69) is 5.32 Å². The van der Waals surface area contributed by atoms with Crippen molar-refractivity contribution in [1.82, 2.24) is 0 Å². The van der Waals surface area contributed by atoms with Crippen molar-refractivity contribution < 1.29 is 14.7 Å². The van der Waals surface area contributed by atoms with Crippen LogP contribution in [0.4, 0.5) is 5.69 Å². The van der Waals surface area contributed by atoms with Crippen LogP contribution >= 0.6 is 23.2 Å². The first-order valence-corrected chi connectivity index (χ1v) is 8.19. The lowest BCUT2D eigenvalue weighted by Gasteiger charge is -2.11. The van der Waals surface area contributed by atoms with E-state index in [9.17, 15) is 14.7 Å². The second kappa shape index (κ2) is 7.13. The molecule has 4 nitrogen and oxygen atoms in total. The lowest BCUT2D eigenvalue weighted by atomic mass is 10.0. The lowest BCUT2D eigenvalue weighted by Crippen LogP contribution is -2.17. The Hall–Kier alpha value is -2.56. The Balaban J connectivity index is 1.88. The predicted octanol–water partition coefficient (Wildman–Crippen LogP) is 5.03. The third-order valence-corrected chi connectivity index (χ3v) is 4.48. The van der Waals surface area contributed by atoms with Crippen LogP contribution in [-0.2, 0) is 11.2 Å². The van der Waals surface area contributed by atoms with Crippen molar-refractivity contribution in [2.75, 3.05) is 5.32 Å². The van der Waals surface area contributed by atoms with E-state index in [0.717, 1.165) is 10.8 Å². The number of anilines is 1. The van der Waals surface area contributed by atoms with Crippen LogP contribution in [-0.4, -0.2) is 17.0 Å². The second-order valence-electron chi connectivity index (χ2n) is 5.52. The predicted molar refractivity (Wildman–Crippen MR) is 99.7 cm³/mol. The monoisotopic (exact) mass is 373 g/mol. The van der Waals surface area contributed by atoms with Crippen LogP contribution in [0.1, 0.15) is 15.9 Å². The molecule has 3 aromatic rings. The minimum atomic E-state index is -1.10. The second-order valence-corrected chi connectivity index (χ2v) is 6.34. The number of benzene rings is 3. The Morgan fingerprint density at radius 1 is 0.920 bits per heavy atom. The van der Waals surface area contributed by atoms with Crippen LogP contribution in [0.15, 0.2) is 54.6 Å². The highest BCUT2D eigenvalue weighted by Crippen LogP contribution is 2.25. The molecule has 25 heavy (non-hydrogen) atoms. The number of fused-ring (bicyclic) bond motifs is 1. The van der Waals surface area contributed by atoms with Gasteiger partial charge in [0.2, 0.25) is 5.91 Å². The summed E-state index contributed by atoms with van der Waals surface area (Å²) in [6, 6.07) is 15.5. The fourth-order valence-corrected chi connectivity index (χ4v) is 2.87. The van der Waals surface area contributed by atoms with Crippen molar-refractivity contribution in [3.8, 4) is 0 Å². The first kappa shape index (κ1) is 17.3. The summed E-state index contributed by atoms with van der Waals surface area (Å²) in [6.45, 7) is 0. The summed E-state index contributed by atoms with van der Waals surface area (Å²) < 4.78 is 0. The summed E-state index contributed by atoms with van der Waals surface area (Å²) in [5.41, 5.74) is 0.988. The van der Waals surface area contributed by atoms with Gasteiger partial charge < -0.3 is 10.4 Å². The molecule has 3 rings (SSSR count). The van der Waals surface area contributed by atoms with E-state index in [1.54, 1.807) is 30.3 Å². The Morgan fingerprint density at radius 2 is 1.60 bits per heavy atom. The van der Waals surface area contributed by atoms with Gasteiger partial charge in [0.05, 0.1) is 27.7 Å². The molecule has 0 heterocycles. The van der Waals surface area contributed by atoms with Crippen LogP contribution in [0.5, 0.6) is 0 Å². The Kier molecular flexibility index (Phi) is 4.93. The number of halogens is 2. The number of nitrogens with one attached hydrogen (secondary N) is 1. The summed E-state index contributed by atoms with van der Waals surface area (Å²) in [5.74, 6) is -1.44. The normalized spacial score (nSPS) is 10.6. The van der Waals surface area contributed by atoms with Gasteiger partial charge in [-0.05, 0) is 40.6 Å². The number of aromatic carboxylic acids is 1. The van der Waals surface area contributed by atoms with Crippen molar-refractivity contribution in [3.05, 3.63) is 75.8 Å². The van der Waals surface area contributed by atoms with Crippen molar-refractivity contribution in [2.24, 2.45) is 0 Å². The molecular weight excluding hydrogens is 361 g/mol. The van der Waals surface area contributed by atoms with Crippen LogP contribution in [0.2, 0.25) is 10.0 Å². The summed E-state index contributed by atoms with van der Waals surface area (Å²) in [5, 5.41) is 14.5. The highest BCUT2D eigenvalue weighted by molar-refractivity contribution is 6.42. The smallest absolute Gasteiger partial charge is 0.337 e. The van der Waals surface area contributed by atoms with Gasteiger partial charge in [-0.2, -0.15) is 0 Å². The van der Waals surface area contributed by atoms with Gasteiger partial charge in [0, 0.05) is 0 Å². The Morgan fingerprint density at radius 3 is 2.24 bits per heavy atom. The fourth-order valence-electron chi connectivity index (χ4n) is 2.55. The minimum Gasteiger partial charge on any atom is -0.478 e. The number of carbonyl (C=O) groups is 2. The van der Waals surface area contributed by atoms with Crippen LogP contribution in [0.3, 0.4) is 0 Å². The first-order chi connectivity index (χ1) is 11.9. The summed E-state index contributed by atoms with van der Waals surface area (Å²) in [4.78, 5) is 23.8. The molecule has 6 heteroatoms. The van der Waals surface area contributed by atoms with Crippen molar-refractivity contribution >= 4 is 51.5 Å². The molecule has 0 aromatic heterocycles. The number of carboxylic acid groups (broad SMARTS) is 1. The topological polar surface area (TPSA) is 66.4 Å². The molecule has 0 aliphatic heterocycles. The number of amides is 1. The SMILES string of the molecule is O=C(Cc1ccc(Cl)c(Cl)c1)Nc1cc2ccccc2cc1C(=O)O. The third kappa shape index (κ3) is 3.92. The summed E-state index contributed by atoms with van der Waals surface area (Å²) in [7, 11) is 0. The third-order valence-electron chi connectivity index (χ3n) is 3.74. The van der Waals surface area contributed by atoms with E-state index >= 15 is 0 Å². The molecule has 0 atom stereocenters. The molecule has 1 amide bonds. The van der Waals surface area contributed by atoms with E-state index in [-0.39, 0.29) is 23.6 Å². The molecule has 3 aromatic carbocycles. The van der Waals surface area contributed by atoms with Gasteiger partial charge >= 0.3 is 5.97 Å². The Labute approximate surface area is 154 Å². The van der Waals surface area contributed by atoms with E-state index < -0.39 is 5.97 Å². The molecule has 0 fully saturated rings. The highest BCUT2D eigenvalue weighted by Gasteiger charge is 2.14. The van der Waals surface area contributed by atoms with Gasteiger partial charge in [-0.3, -0.25) is 4.79 Å². The molecule has 0 saturated heterocycles. The number of rotatable bonds is 4. The largest absolute Gasteiger partial charge is 0.478 e. The van der Waals surface area contributed by atoms with Crippen molar-refractivity contribution in [3.63, 3.8) is 0 Å². The van der Waals surface area contributed by atoms with Gasteiger partial charge in [0.1, 0.15) is 0 Å². The summed E-state index contributed by atoms with van der Waals surface area (Å²) in [6.07, 6.45) is 0.0583. The minimum absolute atomic E-state index is 0.0428. The molecular formula is C19H13Cl2NO3. The summed E-state index contributed by atoms with van der Waals surface area (Å²) >= 11 is 11.8. The fraction of sp³-hybridized carbons (Fsp3) is 0.0526. The van der Waals surface area contributed by atoms with Gasteiger partial charge in [-0.1, -0.05) is 53.5 Å². The molecule has 0 saturated carbocycles. The number of hydrogen-bond acceptors (Lipinski definition) is 2. The molecule has 0 radical (unpaired) electrons. The maximum atomic E-state index is 12.3. The van der Waals surface area contributed by atoms with Gasteiger partial charge in [-0.25, -0.2) is 4.79 Å². The quantitative estimate of drug-likeness (QED) is 0.674. The molecule has 126 valence electrons. The molecule has 0 spiro atoms. The maximum absolute atomic E-state index is 12.3. The average Bonchev–Trinajstić information content (AvgIpc) is 2.57. The lowest BCUT2D eigenvalue weighted by molar-refractivity contribution is -0.115. The van der Waals surface area contributed by atoms with E-state index in [4.69, 9.17) is 23.2 Å². The van der Waals surface area contributed by atoms with E-state index in [0.29, 0.717) is 15.6 Å². The maximum Gasteiger partial charge on any atom is 0.337 e. The van der Waals surface area contributed by atoms with Gasteiger partial charge in [-0.15, -0.1) is 0 Å². The van der Waals surface area contributed by atoms with Crippen LogP contribution < -0.4 is 5.32 Å². The standard InChI is InChI=1S/C19H13Cl2NO3/c20-15-6-5-11(7-16(15)21)8-18(23)22-17-10-13-4-2-1-3-12(13)9-14(17)19(24)25/h1-7,9-10H,8H2,(H,22,23)(H,24,25). The number of carbonyl (C=O) groups excluding carboxylic acids is 1. The molecule has 0 aliphatic rings. The first-order valence-electron chi connectivity index (χ1n) is 7.44. The average molecular weight is 374 g/mol. The Bertz CT molecular complexity index is 986. The zero-order chi connectivity index (χ0) is 18.0. The van der Waals surface area contributed by atoms with Gasteiger partial charge in [0.15, 0.2) is 0 Å². The van der Waals surface area contributed by atoms with Crippen LogP contribution in [0, 0.1) is 0 Å². The van der Waals surface area contributed by atoms with Crippen molar-refractivity contribution in [1.29, 1.82) is 0 Å². The highest BCUT2D eigenvalue weighted by atomic mass is 35.5.